The SMILES string of the molecule is CC(C)OCC(N)Cc1ccc(F)cc1Br. The third-order valence-corrected chi connectivity index (χ3v) is 2.88. The molecule has 1 atom stereocenters. The molecule has 0 amide bonds. The highest BCUT2D eigenvalue weighted by molar-refractivity contribution is 9.10. The lowest BCUT2D eigenvalue weighted by Gasteiger charge is -2.15. The Morgan fingerprint density at radius 3 is 2.69 bits per heavy atom. The molecule has 4 heteroatoms. The maximum atomic E-state index is 12.9. The van der Waals surface area contributed by atoms with E-state index in [4.69, 9.17) is 10.5 Å². The van der Waals surface area contributed by atoms with Crippen LogP contribution in [0.5, 0.6) is 0 Å². The fraction of sp³-hybridized carbons (Fsp3) is 0.500. The van der Waals surface area contributed by atoms with Crippen molar-refractivity contribution in [1.82, 2.24) is 0 Å². The molecule has 2 nitrogen and oxygen atoms in total. The molecular formula is C12H17BrFNO. The maximum absolute atomic E-state index is 12.9. The molecule has 1 aromatic rings. The summed E-state index contributed by atoms with van der Waals surface area (Å²) in [6.07, 6.45) is 0.857. The molecule has 1 rings (SSSR count). The topological polar surface area (TPSA) is 35.2 Å². The molecule has 0 saturated heterocycles. The monoisotopic (exact) mass is 289 g/mol. The maximum Gasteiger partial charge on any atom is 0.124 e. The van der Waals surface area contributed by atoms with E-state index in [2.05, 4.69) is 15.9 Å². The van der Waals surface area contributed by atoms with Gasteiger partial charge in [-0.15, -0.1) is 0 Å². The second-order valence-electron chi connectivity index (χ2n) is 4.08. The molecule has 0 spiro atoms. The molecule has 0 aliphatic rings. The average Bonchev–Trinajstić information content (AvgIpc) is 2.19. The van der Waals surface area contributed by atoms with E-state index in [1.807, 2.05) is 13.8 Å². The Kier molecular flexibility index (Phi) is 5.38. The van der Waals surface area contributed by atoms with Gasteiger partial charge in [-0.25, -0.2) is 4.39 Å². The Morgan fingerprint density at radius 1 is 1.44 bits per heavy atom. The number of nitrogens with two attached hydrogens (primary N) is 1. The van der Waals surface area contributed by atoms with E-state index in [0.717, 1.165) is 10.0 Å². The molecule has 2 N–H and O–H groups in total. The van der Waals surface area contributed by atoms with E-state index in [0.29, 0.717) is 13.0 Å². The third kappa shape index (κ3) is 4.60. The highest BCUT2D eigenvalue weighted by atomic mass is 79.9. The lowest BCUT2D eigenvalue weighted by atomic mass is 10.1. The van der Waals surface area contributed by atoms with Crippen molar-refractivity contribution in [3.05, 3.63) is 34.1 Å². The first-order valence-electron chi connectivity index (χ1n) is 5.30. The van der Waals surface area contributed by atoms with Crippen LogP contribution in [0, 0.1) is 5.82 Å². The van der Waals surface area contributed by atoms with Crippen LogP contribution in [0.15, 0.2) is 22.7 Å². The van der Waals surface area contributed by atoms with Crippen LogP contribution >= 0.6 is 15.9 Å². The number of ether oxygens (including phenoxy) is 1. The van der Waals surface area contributed by atoms with Crippen LogP contribution in [0.1, 0.15) is 19.4 Å². The summed E-state index contributed by atoms with van der Waals surface area (Å²) in [5.74, 6) is -0.248. The summed E-state index contributed by atoms with van der Waals surface area (Å²) < 4.78 is 19.0. The number of benzene rings is 1. The first kappa shape index (κ1) is 13.6. The predicted octanol–water partition coefficient (Wildman–Crippen LogP) is 2.88. The van der Waals surface area contributed by atoms with E-state index in [1.165, 1.54) is 12.1 Å². The second-order valence-corrected chi connectivity index (χ2v) is 4.94. The van der Waals surface area contributed by atoms with Crippen LogP contribution in [-0.2, 0) is 11.2 Å². The standard InChI is InChI=1S/C12H17BrFNO/c1-8(2)16-7-11(15)5-9-3-4-10(14)6-12(9)13/h3-4,6,8,11H,5,7,15H2,1-2H3. The van der Waals surface area contributed by atoms with Gasteiger partial charge in [0.2, 0.25) is 0 Å². The first-order valence-corrected chi connectivity index (χ1v) is 6.09. The molecule has 1 unspecified atom stereocenters. The summed E-state index contributed by atoms with van der Waals surface area (Å²) in [5, 5.41) is 0. The van der Waals surface area contributed by atoms with Gasteiger partial charge in [0.25, 0.3) is 0 Å². The molecule has 16 heavy (non-hydrogen) atoms. The van der Waals surface area contributed by atoms with Crippen LogP contribution < -0.4 is 5.73 Å². The Bertz CT molecular complexity index is 344. The van der Waals surface area contributed by atoms with Gasteiger partial charge in [-0.1, -0.05) is 22.0 Å². The van der Waals surface area contributed by atoms with Crippen LogP contribution in [0.3, 0.4) is 0 Å². The van der Waals surface area contributed by atoms with Gasteiger partial charge in [0.1, 0.15) is 5.82 Å². The molecular weight excluding hydrogens is 273 g/mol. The number of hydrogen-bond acceptors (Lipinski definition) is 2. The zero-order chi connectivity index (χ0) is 12.1. The molecule has 1 aromatic carbocycles. The second kappa shape index (κ2) is 6.33. The van der Waals surface area contributed by atoms with Crippen molar-refractivity contribution in [3.63, 3.8) is 0 Å². The molecule has 0 aromatic heterocycles. The quantitative estimate of drug-likeness (QED) is 0.905. The smallest absolute Gasteiger partial charge is 0.124 e. The summed E-state index contributed by atoms with van der Waals surface area (Å²) in [6.45, 7) is 4.46. The van der Waals surface area contributed by atoms with Crippen LogP contribution in [0.4, 0.5) is 4.39 Å². The van der Waals surface area contributed by atoms with Crippen molar-refractivity contribution in [2.45, 2.75) is 32.4 Å². The Labute approximate surface area is 104 Å². The van der Waals surface area contributed by atoms with E-state index < -0.39 is 0 Å². The largest absolute Gasteiger partial charge is 0.377 e. The van der Waals surface area contributed by atoms with Gasteiger partial charge in [-0.3, -0.25) is 0 Å². The Morgan fingerprint density at radius 2 is 2.12 bits per heavy atom. The molecule has 0 saturated carbocycles. The third-order valence-electron chi connectivity index (χ3n) is 2.14. The molecule has 0 radical (unpaired) electrons. The summed E-state index contributed by atoms with van der Waals surface area (Å²) in [7, 11) is 0. The fourth-order valence-electron chi connectivity index (χ4n) is 1.34. The first-order chi connectivity index (χ1) is 7.49. The number of rotatable bonds is 5. The van der Waals surface area contributed by atoms with Crippen LogP contribution in [0.25, 0.3) is 0 Å². The van der Waals surface area contributed by atoms with Gasteiger partial charge in [-0.05, 0) is 38.0 Å². The molecule has 0 fully saturated rings. The van der Waals surface area contributed by atoms with E-state index in [1.54, 1.807) is 6.07 Å². The molecule has 0 aliphatic heterocycles. The van der Waals surface area contributed by atoms with E-state index >= 15 is 0 Å². The van der Waals surface area contributed by atoms with Gasteiger partial charge in [0.15, 0.2) is 0 Å². The molecule has 90 valence electrons. The highest BCUT2D eigenvalue weighted by Crippen LogP contribution is 2.19. The molecule has 0 heterocycles. The van der Waals surface area contributed by atoms with Gasteiger partial charge < -0.3 is 10.5 Å². The number of hydrogen-bond donors (Lipinski definition) is 1. The van der Waals surface area contributed by atoms with Gasteiger partial charge in [0.05, 0.1) is 12.7 Å². The summed E-state index contributed by atoms with van der Waals surface area (Å²) in [4.78, 5) is 0. The van der Waals surface area contributed by atoms with Gasteiger partial charge in [0, 0.05) is 10.5 Å². The van der Waals surface area contributed by atoms with Gasteiger partial charge >= 0.3 is 0 Å². The lowest BCUT2D eigenvalue weighted by molar-refractivity contribution is 0.0684. The highest BCUT2D eigenvalue weighted by Gasteiger charge is 2.08. The van der Waals surface area contributed by atoms with Crippen molar-refractivity contribution in [2.24, 2.45) is 5.73 Å². The Balaban J connectivity index is 2.52. The van der Waals surface area contributed by atoms with Crippen molar-refractivity contribution >= 4 is 15.9 Å². The zero-order valence-corrected chi connectivity index (χ0v) is 11.1. The van der Waals surface area contributed by atoms with Crippen molar-refractivity contribution < 1.29 is 9.13 Å². The van der Waals surface area contributed by atoms with Gasteiger partial charge in [-0.2, -0.15) is 0 Å². The Hall–Kier alpha value is -0.450. The lowest BCUT2D eigenvalue weighted by Crippen LogP contribution is -2.30. The number of halogens is 2. The summed E-state index contributed by atoms with van der Waals surface area (Å²) >= 11 is 3.32. The fourth-order valence-corrected chi connectivity index (χ4v) is 1.86. The minimum absolute atomic E-state index is 0.0656. The normalized spacial score (nSPS) is 13.1. The van der Waals surface area contributed by atoms with Crippen molar-refractivity contribution in [2.75, 3.05) is 6.61 Å². The minimum Gasteiger partial charge on any atom is -0.377 e. The summed E-state index contributed by atoms with van der Waals surface area (Å²) in [5.41, 5.74) is 6.92. The zero-order valence-electron chi connectivity index (χ0n) is 9.54. The average molecular weight is 290 g/mol. The summed E-state index contributed by atoms with van der Waals surface area (Å²) in [6, 6.07) is 4.57. The van der Waals surface area contributed by atoms with Crippen LogP contribution in [0.2, 0.25) is 0 Å². The van der Waals surface area contributed by atoms with E-state index in [9.17, 15) is 4.39 Å². The molecule has 0 bridgehead atoms. The van der Waals surface area contributed by atoms with Crippen molar-refractivity contribution in [3.8, 4) is 0 Å². The predicted molar refractivity (Wildman–Crippen MR) is 66.9 cm³/mol. The van der Waals surface area contributed by atoms with E-state index in [-0.39, 0.29) is 18.0 Å². The van der Waals surface area contributed by atoms with Crippen LogP contribution in [-0.4, -0.2) is 18.8 Å². The van der Waals surface area contributed by atoms with Crippen molar-refractivity contribution in [1.29, 1.82) is 0 Å². The molecule has 0 aliphatic carbocycles. The minimum atomic E-state index is -0.248.